The number of quaternary nitrogens is 1. The summed E-state index contributed by atoms with van der Waals surface area (Å²) >= 11 is 0. The molecular weight excluding hydrogens is 424 g/mol. The summed E-state index contributed by atoms with van der Waals surface area (Å²) in [6.45, 7) is 0.645. The molecule has 1 heterocycles. The van der Waals surface area contributed by atoms with E-state index in [1.165, 1.54) is 11.6 Å². The lowest BCUT2D eigenvalue weighted by Crippen LogP contribution is -3.08. The molecule has 33 heavy (non-hydrogen) atoms. The monoisotopic (exact) mass is 453 g/mol. The van der Waals surface area contributed by atoms with Gasteiger partial charge in [-0.2, -0.15) is 0 Å². The molecule has 1 aromatic heterocycles. The van der Waals surface area contributed by atoms with Crippen LogP contribution in [-0.4, -0.2) is 42.7 Å². The summed E-state index contributed by atoms with van der Waals surface area (Å²) in [6.07, 6.45) is 0. The molecule has 0 aliphatic heterocycles. The van der Waals surface area contributed by atoms with Gasteiger partial charge in [0.15, 0.2) is 0 Å². The molecule has 3 aromatic rings. The third kappa shape index (κ3) is 5.15. The van der Waals surface area contributed by atoms with Crippen LogP contribution in [-0.2, 0) is 20.1 Å². The quantitative estimate of drug-likeness (QED) is 0.445. The topological polar surface area (TPSA) is 110 Å². The van der Waals surface area contributed by atoms with Crippen molar-refractivity contribution in [1.29, 1.82) is 0 Å². The Balaban J connectivity index is 1.88. The molecule has 0 amide bonds. The number of methoxy groups -OCH3 is 2. The van der Waals surface area contributed by atoms with Gasteiger partial charge in [-0.3, -0.25) is 18.7 Å². The zero-order valence-electron chi connectivity index (χ0n) is 19.3. The molecule has 0 fully saturated rings. The van der Waals surface area contributed by atoms with E-state index in [2.05, 4.69) is 0 Å². The summed E-state index contributed by atoms with van der Waals surface area (Å²) in [4.78, 5) is 39.4. The van der Waals surface area contributed by atoms with Gasteiger partial charge in [0.05, 0.1) is 27.8 Å². The highest BCUT2D eigenvalue weighted by molar-refractivity contribution is 6.00. The van der Waals surface area contributed by atoms with Gasteiger partial charge < -0.3 is 20.1 Å². The molecule has 9 nitrogen and oxygen atoms in total. The molecule has 1 atom stereocenters. The van der Waals surface area contributed by atoms with Crippen LogP contribution in [0.25, 0.3) is 0 Å². The normalized spacial score (nSPS) is 11.8. The minimum Gasteiger partial charge on any atom is -0.497 e. The number of hydrogen-bond donors (Lipinski definition) is 2. The van der Waals surface area contributed by atoms with Gasteiger partial charge in [0.1, 0.15) is 36.0 Å². The van der Waals surface area contributed by atoms with Gasteiger partial charge in [-0.1, -0.05) is 30.3 Å². The summed E-state index contributed by atoms with van der Waals surface area (Å²) in [5.41, 5.74) is 6.48. The second-order valence-electron chi connectivity index (χ2n) is 7.89. The highest BCUT2D eigenvalue weighted by Crippen LogP contribution is 2.23. The van der Waals surface area contributed by atoms with Crippen molar-refractivity contribution in [3.63, 3.8) is 0 Å². The minimum atomic E-state index is -0.693. The van der Waals surface area contributed by atoms with Crippen molar-refractivity contribution < 1.29 is 19.2 Å². The average Bonchev–Trinajstić information content (AvgIpc) is 2.81. The van der Waals surface area contributed by atoms with Crippen LogP contribution in [0, 0.1) is 0 Å². The number of Topliss-reactive ketones (excluding diaryl/α,β-unsaturated/α-hetero) is 1. The third-order valence-electron chi connectivity index (χ3n) is 5.49. The number of nitrogens with one attached hydrogen (secondary N) is 1. The van der Waals surface area contributed by atoms with Gasteiger partial charge in [-0.25, -0.2) is 4.79 Å². The van der Waals surface area contributed by atoms with Gasteiger partial charge in [0.2, 0.25) is 5.78 Å². The summed E-state index contributed by atoms with van der Waals surface area (Å²) in [5, 5.41) is 0. The molecule has 0 spiro atoms. The van der Waals surface area contributed by atoms with E-state index in [1.54, 1.807) is 20.3 Å². The van der Waals surface area contributed by atoms with Crippen LogP contribution >= 0.6 is 0 Å². The maximum Gasteiger partial charge on any atom is 0.332 e. The number of likely N-dealkylation sites (N-methyl/N-ethyl adjacent to an activating group) is 1. The number of nitrogens with two attached hydrogens (primary N) is 1. The standard InChI is InChI=1S/C24H28N4O5/c1-26(14-17-10-11-18(32-3)12-20(17)33-4)15-19(29)21-22(25)28(24(31)27(2)23(21)30)13-16-8-6-5-7-9-16/h5-12H,13-15,25H2,1-4H3/p+1. The molecule has 2 aromatic carbocycles. The second-order valence-corrected chi connectivity index (χ2v) is 7.89. The van der Waals surface area contributed by atoms with Gasteiger partial charge >= 0.3 is 5.69 Å². The number of anilines is 1. The van der Waals surface area contributed by atoms with E-state index >= 15 is 0 Å². The Morgan fingerprint density at radius 2 is 1.76 bits per heavy atom. The lowest BCUT2D eigenvalue weighted by molar-refractivity contribution is -0.884. The lowest BCUT2D eigenvalue weighted by Gasteiger charge is -2.18. The SMILES string of the molecule is COc1ccc(C[NH+](C)CC(=O)c2c(N)n(Cc3ccccc3)c(=O)n(C)c2=O)c(OC)c1. The van der Waals surface area contributed by atoms with E-state index in [-0.39, 0.29) is 24.5 Å². The number of rotatable bonds is 9. The first kappa shape index (κ1) is 23.8. The number of ketones is 1. The van der Waals surface area contributed by atoms with Crippen molar-refractivity contribution in [2.45, 2.75) is 13.1 Å². The summed E-state index contributed by atoms with van der Waals surface area (Å²) < 4.78 is 12.8. The van der Waals surface area contributed by atoms with Crippen LogP contribution in [0.15, 0.2) is 58.1 Å². The maximum absolute atomic E-state index is 13.1. The maximum atomic E-state index is 13.1. The number of carbonyl (C=O) groups is 1. The zero-order valence-corrected chi connectivity index (χ0v) is 19.3. The summed E-state index contributed by atoms with van der Waals surface area (Å²) in [5.74, 6) is 0.765. The van der Waals surface area contributed by atoms with Crippen molar-refractivity contribution in [3.05, 3.63) is 86.1 Å². The first-order valence-electron chi connectivity index (χ1n) is 10.5. The van der Waals surface area contributed by atoms with Crippen molar-refractivity contribution in [2.24, 2.45) is 7.05 Å². The Kier molecular flexibility index (Phi) is 7.34. The van der Waals surface area contributed by atoms with Gasteiger partial charge in [-0.15, -0.1) is 0 Å². The molecular formula is C24H29N4O5+. The number of aromatic nitrogens is 2. The predicted octanol–water partition coefficient (Wildman–Crippen LogP) is 0.0923. The van der Waals surface area contributed by atoms with Gasteiger partial charge in [0, 0.05) is 18.7 Å². The number of nitrogens with zero attached hydrogens (tertiary/aromatic N) is 2. The van der Waals surface area contributed by atoms with E-state index < -0.39 is 17.0 Å². The smallest absolute Gasteiger partial charge is 0.332 e. The third-order valence-corrected chi connectivity index (χ3v) is 5.49. The van der Waals surface area contributed by atoms with Crippen LogP contribution in [0.3, 0.4) is 0 Å². The Labute approximate surface area is 191 Å². The Bertz CT molecular complexity index is 1260. The Morgan fingerprint density at radius 1 is 1.06 bits per heavy atom. The number of nitrogen functional groups attached to an aromatic ring is 1. The van der Waals surface area contributed by atoms with E-state index in [4.69, 9.17) is 15.2 Å². The fourth-order valence-corrected chi connectivity index (χ4v) is 3.71. The largest absolute Gasteiger partial charge is 0.497 e. The number of ether oxygens (including phenoxy) is 2. The predicted molar refractivity (Wildman–Crippen MR) is 125 cm³/mol. The van der Waals surface area contributed by atoms with E-state index in [0.717, 1.165) is 20.6 Å². The summed E-state index contributed by atoms with van der Waals surface area (Å²) in [7, 11) is 6.33. The van der Waals surface area contributed by atoms with Crippen molar-refractivity contribution in [3.8, 4) is 11.5 Å². The molecule has 3 N–H and O–H groups in total. The van der Waals surface area contributed by atoms with E-state index in [1.807, 2.05) is 49.5 Å². The Hall–Kier alpha value is -3.85. The number of benzene rings is 2. The highest BCUT2D eigenvalue weighted by atomic mass is 16.5. The lowest BCUT2D eigenvalue weighted by atomic mass is 10.1. The number of hydrogen-bond acceptors (Lipinski definition) is 6. The Morgan fingerprint density at radius 3 is 2.39 bits per heavy atom. The van der Waals surface area contributed by atoms with Crippen LogP contribution in [0.4, 0.5) is 5.82 Å². The fourth-order valence-electron chi connectivity index (χ4n) is 3.71. The van der Waals surface area contributed by atoms with Crippen molar-refractivity contribution in [2.75, 3.05) is 33.5 Å². The molecule has 9 heteroatoms. The molecule has 0 aliphatic rings. The van der Waals surface area contributed by atoms with E-state index in [9.17, 15) is 14.4 Å². The van der Waals surface area contributed by atoms with Crippen LogP contribution in [0.5, 0.6) is 11.5 Å². The van der Waals surface area contributed by atoms with Crippen molar-refractivity contribution in [1.82, 2.24) is 9.13 Å². The highest BCUT2D eigenvalue weighted by Gasteiger charge is 2.24. The van der Waals surface area contributed by atoms with Gasteiger partial charge in [0.25, 0.3) is 5.56 Å². The van der Waals surface area contributed by atoms with Crippen LogP contribution in [0.1, 0.15) is 21.5 Å². The molecule has 1 unspecified atom stereocenters. The van der Waals surface area contributed by atoms with Gasteiger partial charge in [-0.05, 0) is 17.7 Å². The van der Waals surface area contributed by atoms with Crippen LogP contribution < -0.4 is 31.4 Å². The fraction of sp³-hybridized carbons (Fsp3) is 0.292. The second kappa shape index (κ2) is 10.2. The molecule has 0 saturated heterocycles. The molecule has 174 valence electrons. The van der Waals surface area contributed by atoms with E-state index in [0.29, 0.717) is 18.0 Å². The first-order chi connectivity index (χ1) is 15.8. The molecule has 0 aliphatic carbocycles. The summed E-state index contributed by atoms with van der Waals surface area (Å²) in [6, 6.07) is 14.7. The van der Waals surface area contributed by atoms with Crippen molar-refractivity contribution >= 4 is 11.6 Å². The first-order valence-corrected chi connectivity index (χ1v) is 10.5. The average molecular weight is 454 g/mol. The molecule has 0 saturated carbocycles. The number of carbonyl (C=O) groups excluding carboxylic acids is 1. The molecule has 3 rings (SSSR count). The molecule has 0 bridgehead atoms. The molecule has 0 radical (unpaired) electrons. The van der Waals surface area contributed by atoms with Crippen LogP contribution in [0.2, 0.25) is 0 Å². The zero-order chi connectivity index (χ0) is 24.1. The minimum absolute atomic E-state index is 0.0121.